The number of hydrogen-bond acceptors (Lipinski definition) is 4. The number of hydrogen-bond donors (Lipinski definition) is 2. The van der Waals surface area contributed by atoms with Crippen LogP contribution in [0.25, 0.3) is 11.1 Å². The maximum atomic E-state index is 12.3. The van der Waals surface area contributed by atoms with Gasteiger partial charge in [-0.15, -0.1) is 0 Å². The molecule has 1 fully saturated rings. The molecule has 4 rings (SSSR count). The van der Waals surface area contributed by atoms with Gasteiger partial charge in [0.25, 0.3) is 0 Å². The summed E-state index contributed by atoms with van der Waals surface area (Å²) in [5.74, 6) is -0.715. The molecular weight excluding hydrogens is 330 g/mol. The number of rotatable bonds is 2. The highest BCUT2D eigenvalue weighted by molar-refractivity contribution is 5.91. The molecule has 2 heterocycles. The molecule has 1 atom stereocenters. The first-order valence-corrected chi connectivity index (χ1v) is 9.06. The van der Waals surface area contributed by atoms with Crippen molar-refractivity contribution in [3.05, 3.63) is 59.6 Å². The Balaban J connectivity index is 1.91. The largest absolute Gasteiger partial charge is 0.509 e. The van der Waals surface area contributed by atoms with Crippen molar-refractivity contribution in [2.45, 2.75) is 43.7 Å². The fourth-order valence-electron chi connectivity index (χ4n) is 4.42. The van der Waals surface area contributed by atoms with Gasteiger partial charge in [-0.1, -0.05) is 49.6 Å². The second-order valence-electron chi connectivity index (χ2n) is 7.14. The number of ether oxygens (including phenoxy) is 1. The van der Waals surface area contributed by atoms with E-state index in [4.69, 9.17) is 4.74 Å². The molecule has 2 aliphatic rings. The predicted octanol–water partition coefficient (Wildman–Crippen LogP) is 3.85. The first-order chi connectivity index (χ1) is 12.6. The van der Waals surface area contributed by atoms with Crippen molar-refractivity contribution in [3.63, 3.8) is 0 Å². The summed E-state index contributed by atoms with van der Waals surface area (Å²) in [5.41, 5.74) is 1.92. The van der Waals surface area contributed by atoms with E-state index >= 15 is 0 Å². The zero-order chi connectivity index (χ0) is 18.3. The highest BCUT2D eigenvalue weighted by Crippen LogP contribution is 2.49. The maximum Gasteiger partial charge on any atom is 0.340 e. The average molecular weight is 353 g/mol. The van der Waals surface area contributed by atoms with Crippen LogP contribution in [0, 0.1) is 0 Å². The fourth-order valence-corrected chi connectivity index (χ4v) is 4.42. The monoisotopic (exact) mass is 353 g/mol. The lowest BCUT2D eigenvalue weighted by atomic mass is 9.75. The van der Waals surface area contributed by atoms with E-state index in [0.29, 0.717) is 5.69 Å². The molecule has 1 saturated carbocycles. The summed E-state index contributed by atoms with van der Waals surface area (Å²) in [6, 6.07) is 11.8. The average Bonchev–Trinajstić information content (AvgIpc) is 3.14. The van der Waals surface area contributed by atoms with Crippen molar-refractivity contribution in [2.75, 3.05) is 7.11 Å². The normalized spacial score (nSPS) is 21.5. The molecule has 5 heteroatoms. The molecule has 0 saturated heterocycles. The van der Waals surface area contributed by atoms with Gasteiger partial charge in [0.2, 0.25) is 0 Å². The number of carbonyl (C=O) groups excluding carboxylic acids is 1. The van der Waals surface area contributed by atoms with Gasteiger partial charge in [0.05, 0.1) is 12.8 Å². The summed E-state index contributed by atoms with van der Waals surface area (Å²) in [6.45, 7) is 0. The van der Waals surface area contributed by atoms with Crippen molar-refractivity contribution in [1.82, 2.24) is 4.57 Å². The first kappa shape index (κ1) is 16.9. The quantitative estimate of drug-likeness (QED) is 0.805. The number of allylic oxidation sites excluding steroid dienone is 1. The second kappa shape index (κ2) is 6.32. The molecule has 0 amide bonds. The Hall–Kier alpha value is -2.53. The molecule has 26 heavy (non-hydrogen) atoms. The van der Waals surface area contributed by atoms with Gasteiger partial charge in [-0.25, -0.2) is 4.79 Å². The number of benzene rings is 1. The fraction of sp³-hybridized carbons (Fsp3) is 0.381. The van der Waals surface area contributed by atoms with Crippen molar-refractivity contribution in [1.29, 1.82) is 0 Å². The van der Waals surface area contributed by atoms with E-state index in [0.717, 1.165) is 43.2 Å². The van der Waals surface area contributed by atoms with Crippen LogP contribution in [0.2, 0.25) is 0 Å². The number of aliphatic hydroxyl groups is 2. The van der Waals surface area contributed by atoms with Gasteiger partial charge in [-0.2, -0.15) is 0 Å². The Kier molecular flexibility index (Phi) is 4.11. The number of methoxy groups -OCH3 is 1. The van der Waals surface area contributed by atoms with E-state index < -0.39 is 17.6 Å². The van der Waals surface area contributed by atoms with Gasteiger partial charge >= 0.3 is 5.97 Å². The molecule has 1 unspecified atom stereocenters. The molecule has 2 aromatic rings. The van der Waals surface area contributed by atoms with Gasteiger partial charge in [0.15, 0.2) is 0 Å². The van der Waals surface area contributed by atoms with E-state index in [9.17, 15) is 15.0 Å². The van der Waals surface area contributed by atoms with Gasteiger partial charge in [-0.3, -0.25) is 0 Å². The molecule has 0 bridgehead atoms. The van der Waals surface area contributed by atoms with Crippen molar-refractivity contribution in [3.8, 4) is 11.1 Å². The lowest BCUT2D eigenvalue weighted by molar-refractivity contribution is -0.138. The third-order valence-electron chi connectivity index (χ3n) is 5.75. The molecular formula is C21H23NO4. The van der Waals surface area contributed by atoms with Crippen LogP contribution in [0.5, 0.6) is 0 Å². The van der Waals surface area contributed by atoms with Crippen LogP contribution in [-0.2, 0) is 15.1 Å². The van der Waals surface area contributed by atoms with E-state index in [1.54, 1.807) is 0 Å². The van der Waals surface area contributed by atoms with Gasteiger partial charge in [0, 0.05) is 6.20 Å². The number of aliphatic hydroxyl groups excluding tert-OH is 2. The zero-order valence-corrected chi connectivity index (χ0v) is 14.8. The summed E-state index contributed by atoms with van der Waals surface area (Å²) in [6.07, 6.45) is 5.30. The second-order valence-corrected chi connectivity index (χ2v) is 7.14. The van der Waals surface area contributed by atoms with Crippen LogP contribution in [-0.4, -0.2) is 27.9 Å². The topological polar surface area (TPSA) is 71.7 Å². The number of fused-ring (bicyclic) bond motifs is 2. The van der Waals surface area contributed by atoms with E-state index in [2.05, 4.69) is 0 Å². The first-order valence-electron chi connectivity index (χ1n) is 9.06. The Morgan fingerprint density at radius 1 is 1.15 bits per heavy atom. The van der Waals surface area contributed by atoms with Crippen LogP contribution in [0.1, 0.15) is 43.9 Å². The molecule has 1 aliphatic carbocycles. The van der Waals surface area contributed by atoms with Crippen LogP contribution >= 0.6 is 0 Å². The molecule has 1 aromatic heterocycles. The highest BCUT2D eigenvalue weighted by atomic mass is 16.5. The number of aromatic nitrogens is 1. The molecule has 1 aliphatic heterocycles. The standard InChI is InChI=1S/C21H23NO4/c1-26-20(25)17-18(23)16-12-15(14-8-4-2-5-9-14)13-22(16)21(19(17)24)10-6-3-7-11-21/h2,4-5,8-9,12-13,18,23-24H,3,6-7,10-11H2,1H3. The van der Waals surface area contributed by atoms with Crippen molar-refractivity contribution < 1.29 is 19.7 Å². The maximum absolute atomic E-state index is 12.3. The Morgan fingerprint density at radius 2 is 1.85 bits per heavy atom. The highest BCUT2D eigenvalue weighted by Gasteiger charge is 2.48. The van der Waals surface area contributed by atoms with Gasteiger partial charge in [0.1, 0.15) is 23.0 Å². The molecule has 0 radical (unpaired) electrons. The van der Waals surface area contributed by atoms with E-state index in [1.807, 2.05) is 47.2 Å². The third-order valence-corrected chi connectivity index (χ3v) is 5.75. The van der Waals surface area contributed by atoms with E-state index in [-0.39, 0.29) is 11.3 Å². The third kappa shape index (κ3) is 2.38. The molecule has 2 N–H and O–H groups in total. The summed E-state index contributed by atoms with van der Waals surface area (Å²) >= 11 is 0. The van der Waals surface area contributed by atoms with Crippen LogP contribution in [0.15, 0.2) is 53.9 Å². The summed E-state index contributed by atoms with van der Waals surface area (Å²) in [7, 11) is 1.27. The lowest BCUT2D eigenvalue weighted by Gasteiger charge is -2.44. The lowest BCUT2D eigenvalue weighted by Crippen LogP contribution is -2.44. The SMILES string of the molecule is COC(=O)C1=C(O)C2(CCCCC2)n2cc(-c3ccccc3)cc2C1O. The summed E-state index contributed by atoms with van der Waals surface area (Å²) < 4.78 is 6.83. The van der Waals surface area contributed by atoms with Crippen LogP contribution in [0.3, 0.4) is 0 Å². The smallest absolute Gasteiger partial charge is 0.340 e. The summed E-state index contributed by atoms with van der Waals surface area (Å²) in [4.78, 5) is 12.3. The molecule has 5 nitrogen and oxygen atoms in total. The Morgan fingerprint density at radius 3 is 2.50 bits per heavy atom. The van der Waals surface area contributed by atoms with E-state index in [1.165, 1.54) is 7.11 Å². The zero-order valence-electron chi connectivity index (χ0n) is 14.8. The number of carbonyl (C=O) groups is 1. The minimum absolute atomic E-state index is 0.0281. The predicted molar refractivity (Wildman–Crippen MR) is 97.6 cm³/mol. The Bertz CT molecular complexity index is 859. The van der Waals surface area contributed by atoms with Crippen molar-refractivity contribution in [2.24, 2.45) is 0 Å². The number of esters is 1. The van der Waals surface area contributed by atoms with Gasteiger partial charge < -0.3 is 19.5 Å². The van der Waals surface area contributed by atoms with Crippen molar-refractivity contribution >= 4 is 5.97 Å². The molecule has 1 spiro atoms. The van der Waals surface area contributed by atoms with Crippen LogP contribution < -0.4 is 0 Å². The Labute approximate surface area is 152 Å². The van der Waals surface area contributed by atoms with Crippen LogP contribution in [0.4, 0.5) is 0 Å². The molecule has 1 aromatic carbocycles. The van der Waals surface area contributed by atoms with Gasteiger partial charge in [-0.05, 0) is 30.0 Å². The number of nitrogens with zero attached hydrogens (tertiary/aromatic N) is 1. The minimum Gasteiger partial charge on any atom is -0.509 e. The minimum atomic E-state index is -1.20. The molecule has 136 valence electrons. The summed E-state index contributed by atoms with van der Waals surface area (Å²) in [5, 5.41) is 21.9.